The summed E-state index contributed by atoms with van der Waals surface area (Å²) in [5.74, 6) is 8.12. The molecule has 0 heterocycles. The number of rotatable bonds is 2. The Labute approximate surface area is 64.0 Å². The molecule has 0 aromatic rings. The average molecular weight is 136 g/mol. The van der Waals surface area contributed by atoms with Gasteiger partial charge in [0.1, 0.15) is 0 Å². The van der Waals surface area contributed by atoms with E-state index in [9.17, 15) is 0 Å². The first-order chi connectivity index (χ1) is 4.86. The lowest BCUT2D eigenvalue weighted by Gasteiger charge is -2.19. The van der Waals surface area contributed by atoms with Crippen molar-refractivity contribution in [1.82, 2.24) is 0 Å². The van der Waals surface area contributed by atoms with Crippen LogP contribution in [0.4, 0.5) is 0 Å². The monoisotopic (exact) mass is 136 g/mol. The second-order valence-electron chi connectivity index (χ2n) is 3.14. The Balaban J connectivity index is 2.42. The summed E-state index contributed by atoms with van der Waals surface area (Å²) in [5.41, 5.74) is 0. The van der Waals surface area contributed by atoms with Crippen molar-refractivity contribution in [1.29, 1.82) is 0 Å². The summed E-state index contributed by atoms with van der Waals surface area (Å²) in [6, 6.07) is 0. The zero-order valence-electron chi connectivity index (χ0n) is 6.98. The van der Waals surface area contributed by atoms with Crippen LogP contribution in [0, 0.1) is 23.7 Å². The van der Waals surface area contributed by atoms with E-state index in [-0.39, 0.29) is 0 Å². The van der Waals surface area contributed by atoms with Crippen LogP contribution in [0.3, 0.4) is 0 Å². The van der Waals surface area contributed by atoms with Crippen molar-refractivity contribution >= 4 is 0 Å². The Bertz CT molecular complexity index is 147. The van der Waals surface area contributed by atoms with Gasteiger partial charge in [-0.3, -0.25) is 0 Å². The third-order valence-corrected chi connectivity index (χ3v) is 2.38. The van der Waals surface area contributed by atoms with Gasteiger partial charge < -0.3 is 0 Å². The van der Waals surface area contributed by atoms with Crippen LogP contribution in [0.15, 0.2) is 0 Å². The summed E-state index contributed by atoms with van der Waals surface area (Å²) in [6.45, 7) is 4.50. The first-order valence-electron chi connectivity index (χ1n) is 4.35. The van der Waals surface area contributed by atoms with E-state index in [0.717, 1.165) is 12.3 Å². The molecule has 0 aromatic carbocycles. The summed E-state index contributed by atoms with van der Waals surface area (Å²) in [7, 11) is 0. The van der Waals surface area contributed by atoms with Crippen LogP contribution in [0.5, 0.6) is 0 Å². The van der Waals surface area contributed by atoms with Crippen molar-refractivity contribution in [3.63, 3.8) is 0 Å². The normalized spacial score (nSPS) is 31.0. The van der Waals surface area contributed by atoms with Gasteiger partial charge in [0.25, 0.3) is 0 Å². The molecule has 0 spiro atoms. The Morgan fingerprint density at radius 3 is 2.70 bits per heavy atom. The van der Waals surface area contributed by atoms with Crippen molar-refractivity contribution in [2.75, 3.05) is 0 Å². The van der Waals surface area contributed by atoms with Crippen LogP contribution in [0.2, 0.25) is 0 Å². The van der Waals surface area contributed by atoms with Crippen LogP contribution in [0.25, 0.3) is 0 Å². The fourth-order valence-electron chi connectivity index (χ4n) is 1.47. The Hall–Kier alpha value is -0.440. The molecule has 0 saturated carbocycles. The molecule has 0 bridgehead atoms. The van der Waals surface area contributed by atoms with E-state index in [1.807, 2.05) is 0 Å². The fraction of sp³-hybridized carbons (Fsp3) is 0.800. The topological polar surface area (TPSA) is 0 Å². The van der Waals surface area contributed by atoms with Crippen molar-refractivity contribution < 1.29 is 0 Å². The van der Waals surface area contributed by atoms with Crippen LogP contribution in [-0.4, -0.2) is 0 Å². The summed E-state index contributed by atoms with van der Waals surface area (Å²) in [6.07, 6.45) is 5.04. The molecule has 0 saturated heterocycles. The van der Waals surface area contributed by atoms with E-state index in [0.29, 0.717) is 5.92 Å². The van der Waals surface area contributed by atoms with Gasteiger partial charge in [-0.1, -0.05) is 26.2 Å². The second kappa shape index (κ2) is 3.66. The molecule has 0 aliphatic heterocycles. The first kappa shape index (κ1) is 7.66. The molecular formula is C10H16. The molecule has 0 radical (unpaired) electrons. The highest BCUT2D eigenvalue weighted by Crippen LogP contribution is 2.23. The lowest BCUT2D eigenvalue weighted by Crippen LogP contribution is -2.09. The Morgan fingerprint density at radius 2 is 2.10 bits per heavy atom. The SMILES string of the molecule is CCC1C#CCC(CC)C1. The van der Waals surface area contributed by atoms with Gasteiger partial charge in [0.2, 0.25) is 0 Å². The van der Waals surface area contributed by atoms with E-state index in [1.165, 1.54) is 19.3 Å². The van der Waals surface area contributed by atoms with Crippen LogP contribution >= 0.6 is 0 Å². The summed E-state index contributed by atoms with van der Waals surface area (Å²) >= 11 is 0. The number of hydrogen-bond acceptors (Lipinski definition) is 0. The molecule has 1 aliphatic rings. The van der Waals surface area contributed by atoms with E-state index in [2.05, 4.69) is 25.7 Å². The van der Waals surface area contributed by atoms with E-state index in [1.54, 1.807) is 0 Å². The van der Waals surface area contributed by atoms with Crippen molar-refractivity contribution in [3.05, 3.63) is 0 Å². The molecule has 2 atom stereocenters. The van der Waals surface area contributed by atoms with E-state index < -0.39 is 0 Å². The van der Waals surface area contributed by atoms with E-state index in [4.69, 9.17) is 0 Å². The van der Waals surface area contributed by atoms with E-state index >= 15 is 0 Å². The summed E-state index contributed by atoms with van der Waals surface area (Å²) < 4.78 is 0. The van der Waals surface area contributed by atoms with Gasteiger partial charge in [0.05, 0.1) is 0 Å². The summed E-state index contributed by atoms with van der Waals surface area (Å²) in [5, 5.41) is 0. The van der Waals surface area contributed by atoms with Gasteiger partial charge >= 0.3 is 0 Å². The predicted molar refractivity (Wildman–Crippen MR) is 44.6 cm³/mol. The molecule has 0 N–H and O–H groups in total. The third kappa shape index (κ3) is 1.77. The molecule has 2 unspecified atom stereocenters. The lowest BCUT2D eigenvalue weighted by molar-refractivity contribution is 0.401. The second-order valence-corrected chi connectivity index (χ2v) is 3.14. The standard InChI is InChI=1S/C10H16/c1-3-9-6-5-7-10(4-2)8-9/h9-10H,3-4,6,8H2,1-2H3. The van der Waals surface area contributed by atoms with Crippen molar-refractivity contribution in [3.8, 4) is 11.8 Å². The van der Waals surface area contributed by atoms with Crippen molar-refractivity contribution in [2.45, 2.75) is 39.5 Å². The van der Waals surface area contributed by atoms with Gasteiger partial charge in [-0.05, 0) is 18.8 Å². The molecule has 10 heavy (non-hydrogen) atoms. The average Bonchev–Trinajstić information content (AvgIpc) is 2.05. The van der Waals surface area contributed by atoms with Gasteiger partial charge in [-0.2, -0.15) is 0 Å². The molecule has 1 aliphatic carbocycles. The molecule has 56 valence electrons. The largest absolute Gasteiger partial charge is 0.103 e. The third-order valence-electron chi connectivity index (χ3n) is 2.38. The zero-order chi connectivity index (χ0) is 7.40. The summed E-state index contributed by atoms with van der Waals surface area (Å²) in [4.78, 5) is 0. The molecule has 0 nitrogen and oxygen atoms in total. The first-order valence-corrected chi connectivity index (χ1v) is 4.35. The molecule has 0 heteroatoms. The minimum Gasteiger partial charge on any atom is -0.103 e. The quantitative estimate of drug-likeness (QED) is 0.512. The van der Waals surface area contributed by atoms with Crippen LogP contribution in [0.1, 0.15) is 39.5 Å². The minimum absolute atomic E-state index is 0.707. The Kier molecular flexibility index (Phi) is 2.81. The maximum Gasteiger partial charge on any atom is 0.0203 e. The fourth-order valence-corrected chi connectivity index (χ4v) is 1.47. The molecule has 0 fully saturated rings. The van der Waals surface area contributed by atoms with Crippen LogP contribution in [-0.2, 0) is 0 Å². The van der Waals surface area contributed by atoms with Gasteiger partial charge in [-0.15, -0.1) is 5.92 Å². The molecule has 0 amide bonds. The van der Waals surface area contributed by atoms with Gasteiger partial charge in [0, 0.05) is 12.3 Å². The van der Waals surface area contributed by atoms with Gasteiger partial charge in [-0.25, -0.2) is 0 Å². The highest BCUT2D eigenvalue weighted by molar-refractivity contribution is 5.08. The van der Waals surface area contributed by atoms with Crippen molar-refractivity contribution in [2.24, 2.45) is 11.8 Å². The smallest absolute Gasteiger partial charge is 0.0203 e. The van der Waals surface area contributed by atoms with Gasteiger partial charge in [0.15, 0.2) is 0 Å². The molecule has 0 aromatic heterocycles. The van der Waals surface area contributed by atoms with Crippen LogP contribution < -0.4 is 0 Å². The maximum atomic E-state index is 3.28. The molecular weight excluding hydrogens is 120 g/mol. The highest BCUT2D eigenvalue weighted by Gasteiger charge is 2.13. The minimum atomic E-state index is 0.707. The molecule has 1 rings (SSSR count). The Morgan fingerprint density at radius 1 is 1.30 bits per heavy atom. The number of hydrogen-bond donors (Lipinski definition) is 0. The zero-order valence-corrected chi connectivity index (χ0v) is 6.98. The predicted octanol–water partition coefficient (Wildman–Crippen LogP) is 2.84. The lowest BCUT2D eigenvalue weighted by atomic mass is 9.86. The maximum absolute atomic E-state index is 3.28. The highest BCUT2D eigenvalue weighted by atomic mass is 14.2.